The minimum absolute atomic E-state index is 0.0346. The second kappa shape index (κ2) is 11.1. The SMILES string of the molecule is CN1CCCn2c(-c3cc(Cl)ccc3F)nc(C(=O)N[C@H](C(=O)N[C@H]3CC[C@H](O)CC3)C(C)(C)C)c2C1. The van der Waals surface area contributed by atoms with E-state index in [-0.39, 0.29) is 29.3 Å². The van der Waals surface area contributed by atoms with Gasteiger partial charge in [-0.3, -0.25) is 9.59 Å². The maximum absolute atomic E-state index is 14.8. The minimum Gasteiger partial charge on any atom is -0.393 e. The molecule has 2 aromatic rings. The quantitative estimate of drug-likeness (QED) is 0.544. The Kier molecular flexibility index (Phi) is 8.26. The molecule has 3 N–H and O–H groups in total. The molecule has 2 heterocycles. The predicted molar refractivity (Wildman–Crippen MR) is 141 cm³/mol. The number of imidazole rings is 1. The molecule has 8 nitrogen and oxygen atoms in total. The monoisotopic (exact) mass is 533 g/mol. The smallest absolute Gasteiger partial charge is 0.272 e. The zero-order valence-electron chi connectivity index (χ0n) is 22.0. The fourth-order valence-corrected chi connectivity index (χ4v) is 5.33. The normalized spacial score (nSPS) is 21.6. The molecule has 1 aromatic carbocycles. The van der Waals surface area contributed by atoms with Crippen LogP contribution in [0.25, 0.3) is 11.4 Å². The summed E-state index contributed by atoms with van der Waals surface area (Å²) in [7, 11) is 1.97. The molecule has 1 aromatic heterocycles. The number of aliphatic hydroxyl groups excluding tert-OH is 1. The van der Waals surface area contributed by atoms with Crippen molar-refractivity contribution in [3.8, 4) is 11.4 Å². The van der Waals surface area contributed by atoms with Crippen LogP contribution < -0.4 is 10.6 Å². The van der Waals surface area contributed by atoms with E-state index in [0.717, 1.165) is 13.0 Å². The van der Waals surface area contributed by atoms with Crippen molar-refractivity contribution in [3.63, 3.8) is 0 Å². The third-order valence-electron chi connectivity index (χ3n) is 7.24. The summed E-state index contributed by atoms with van der Waals surface area (Å²) < 4.78 is 16.7. The van der Waals surface area contributed by atoms with Gasteiger partial charge in [-0.05, 0) is 69.3 Å². The second-order valence-corrected chi connectivity index (χ2v) is 11.8. The Hall–Kier alpha value is -2.49. The van der Waals surface area contributed by atoms with Gasteiger partial charge in [-0.2, -0.15) is 0 Å². The predicted octanol–water partition coefficient (Wildman–Crippen LogP) is 3.74. The molecule has 2 aliphatic rings. The van der Waals surface area contributed by atoms with Crippen molar-refractivity contribution in [2.75, 3.05) is 13.6 Å². The van der Waals surface area contributed by atoms with E-state index in [9.17, 15) is 19.1 Å². The lowest BCUT2D eigenvalue weighted by Crippen LogP contribution is -2.56. The fraction of sp³-hybridized carbons (Fsp3) is 0.593. The summed E-state index contributed by atoms with van der Waals surface area (Å²) in [6.07, 6.45) is 3.20. The van der Waals surface area contributed by atoms with Gasteiger partial charge >= 0.3 is 0 Å². The highest BCUT2D eigenvalue weighted by Gasteiger charge is 2.36. The minimum atomic E-state index is -0.806. The third kappa shape index (κ3) is 6.33. The lowest BCUT2D eigenvalue weighted by Gasteiger charge is -2.33. The highest BCUT2D eigenvalue weighted by Crippen LogP contribution is 2.30. The Labute approximate surface area is 222 Å². The highest BCUT2D eigenvalue weighted by atomic mass is 35.5. The van der Waals surface area contributed by atoms with E-state index >= 15 is 0 Å². The summed E-state index contributed by atoms with van der Waals surface area (Å²) in [6.45, 7) is 7.57. The molecule has 1 fully saturated rings. The second-order valence-electron chi connectivity index (χ2n) is 11.4. The summed E-state index contributed by atoms with van der Waals surface area (Å²) in [6, 6.07) is 3.46. The van der Waals surface area contributed by atoms with Crippen molar-refractivity contribution in [2.45, 2.75) is 84.2 Å². The number of nitrogens with zero attached hydrogens (tertiary/aromatic N) is 3. The Balaban J connectivity index is 1.65. The maximum Gasteiger partial charge on any atom is 0.272 e. The van der Waals surface area contributed by atoms with E-state index in [1.165, 1.54) is 18.2 Å². The number of nitrogens with one attached hydrogen (secondary N) is 2. The van der Waals surface area contributed by atoms with Crippen molar-refractivity contribution >= 4 is 23.4 Å². The molecular formula is C27H37ClFN5O3. The van der Waals surface area contributed by atoms with Crippen LogP contribution in [0.1, 0.15) is 69.1 Å². The van der Waals surface area contributed by atoms with E-state index in [4.69, 9.17) is 11.6 Å². The van der Waals surface area contributed by atoms with Gasteiger partial charge in [-0.1, -0.05) is 32.4 Å². The van der Waals surface area contributed by atoms with Gasteiger partial charge in [0.05, 0.1) is 17.4 Å². The van der Waals surface area contributed by atoms with Crippen molar-refractivity contribution in [1.82, 2.24) is 25.1 Å². The molecule has 0 unspecified atom stereocenters. The van der Waals surface area contributed by atoms with E-state index in [0.29, 0.717) is 55.3 Å². The molecule has 10 heteroatoms. The van der Waals surface area contributed by atoms with Crippen LogP contribution in [0, 0.1) is 11.2 Å². The number of amides is 2. The van der Waals surface area contributed by atoms with Gasteiger partial charge in [0.1, 0.15) is 17.7 Å². The summed E-state index contributed by atoms with van der Waals surface area (Å²) in [4.78, 5) is 33.7. The molecule has 0 saturated heterocycles. The number of benzene rings is 1. The largest absolute Gasteiger partial charge is 0.393 e. The van der Waals surface area contributed by atoms with Gasteiger partial charge in [0.15, 0.2) is 5.69 Å². The maximum atomic E-state index is 14.8. The molecule has 1 aliphatic heterocycles. The fourth-order valence-electron chi connectivity index (χ4n) is 5.16. The molecular weight excluding hydrogens is 497 g/mol. The van der Waals surface area contributed by atoms with Crippen molar-refractivity contribution in [3.05, 3.63) is 40.4 Å². The summed E-state index contributed by atoms with van der Waals surface area (Å²) in [5, 5.41) is 16.2. The Morgan fingerprint density at radius 3 is 2.57 bits per heavy atom. The van der Waals surface area contributed by atoms with Gasteiger partial charge in [0.2, 0.25) is 5.91 Å². The van der Waals surface area contributed by atoms with Gasteiger partial charge in [-0.15, -0.1) is 0 Å². The van der Waals surface area contributed by atoms with Crippen molar-refractivity contribution in [1.29, 1.82) is 0 Å². The van der Waals surface area contributed by atoms with Crippen molar-refractivity contribution in [2.24, 2.45) is 5.41 Å². The molecule has 1 saturated carbocycles. The summed E-state index contributed by atoms with van der Waals surface area (Å²) in [5.41, 5.74) is 0.539. The number of aliphatic hydroxyl groups is 1. The zero-order valence-corrected chi connectivity index (χ0v) is 22.7. The summed E-state index contributed by atoms with van der Waals surface area (Å²) in [5.74, 6) is -0.841. The van der Waals surface area contributed by atoms with E-state index in [1.54, 1.807) is 0 Å². The van der Waals surface area contributed by atoms with Gasteiger partial charge in [0, 0.05) is 24.2 Å². The molecule has 0 radical (unpaired) electrons. The number of aromatic nitrogens is 2. The van der Waals surface area contributed by atoms with Crippen LogP contribution >= 0.6 is 11.6 Å². The first-order valence-corrected chi connectivity index (χ1v) is 13.3. The van der Waals surface area contributed by atoms with Crippen LogP contribution in [-0.4, -0.2) is 63.2 Å². The molecule has 37 heavy (non-hydrogen) atoms. The summed E-state index contributed by atoms with van der Waals surface area (Å²) >= 11 is 6.17. The highest BCUT2D eigenvalue weighted by molar-refractivity contribution is 6.30. The molecule has 1 atom stereocenters. The number of fused-ring (bicyclic) bond motifs is 1. The molecule has 2 amide bonds. The average molecular weight is 534 g/mol. The van der Waals surface area contributed by atoms with E-state index < -0.39 is 23.2 Å². The molecule has 4 rings (SSSR count). The number of carbonyl (C=O) groups is 2. The standard InChI is InChI=1S/C27H37ClFN5O3/c1-27(2,3)23(26(37)30-17-7-9-18(35)10-8-17)32-25(36)22-21-15-33(4)12-5-13-34(21)24(31-22)19-14-16(28)6-11-20(19)29/h6,11,14,17-18,23,35H,5,7-10,12-13,15H2,1-4H3,(H,30,37)(H,32,36)/t17-,18-,23-/m1/s1. The van der Waals surface area contributed by atoms with Gasteiger partial charge in [0.25, 0.3) is 5.91 Å². The van der Waals surface area contributed by atoms with Crippen LogP contribution in [-0.2, 0) is 17.9 Å². The Morgan fingerprint density at radius 2 is 1.89 bits per heavy atom. The number of carbonyl (C=O) groups excluding carboxylic acids is 2. The zero-order chi connectivity index (χ0) is 26.9. The number of halogens is 2. The van der Waals surface area contributed by atoms with Crippen LogP contribution in [0.3, 0.4) is 0 Å². The number of hydrogen-bond donors (Lipinski definition) is 3. The first-order chi connectivity index (χ1) is 17.4. The third-order valence-corrected chi connectivity index (χ3v) is 7.48. The topological polar surface area (TPSA) is 99.5 Å². The number of rotatable bonds is 5. The molecule has 202 valence electrons. The number of hydrogen-bond acceptors (Lipinski definition) is 5. The first-order valence-electron chi connectivity index (χ1n) is 13.0. The first kappa shape index (κ1) is 27.5. The average Bonchev–Trinajstić information content (AvgIpc) is 3.05. The lowest BCUT2D eigenvalue weighted by molar-refractivity contribution is -0.126. The Bertz CT molecular complexity index is 1150. The van der Waals surface area contributed by atoms with Crippen LogP contribution in [0.2, 0.25) is 5.02 Å². The molecule has 0 spiro atoms. The van der Waals surface area contributed by atoms with E-state index in [1.807, 2.05) is 32.4 Å². The molecule has 0 bridgehead atoms. The van der Waals surface area contributed by atoms with Gasteiger partial charge in [-0.25, -0.2) is 9.37 Å². The lowest BCUT2D eigenvalue weighted by atomic mass is 9.85. The molecule has 1 aliphatic carbocycles. The van der Waals surface area contributed by atoms with Crippen LogP contribution in [0.4, 0.5) is 4.39 Å². The van der Waals surface area contributed by atoms with Gasteiger partial charge < -0.3 is 25.2 Å². The Morgan fingerprint density at radius 1 is 1.19 bits per heavy atom. The van der Waals surface area contributed by atoms with Crippen LogP contribution in [0.5, 0.6) is 0 Å². The van der Waals surface area contributed by atoms with Crippen molar-refractivity contribution < 1.29 is 19.1 Å². The van der Waals surface area contributed by atoms with Crippen LogP contribution in [0.15, 0.2) is 18.2 Å². The van der Waals surface area contributed by atoms with E-state index in [2.05, 4.69) is 20.5 Å².